The SMILES string of the molecule is C=Cc1ccc(N(c2cc3cc(N(c4ccc(-c5ccccc5)cc4)c4ccc5sc(N(c6ccc(C=C)cc6)c6cccc7ccccc67)cc5c4)ccc3s2)c2cccc3ccccc23)cc1. The van der Waals surface area contributed by atoms with Crippen molar-refractivity contribution in [2.75, 3.05) is 14.7 Å². The van der Waals surface area contributed by atoms with Crippen LogP contribution in [0.1, 0.15) is 11.1 Å². The topological polar surface area (TPSA) is 9.72 Å². The molecule has 0 N–H and O–H groups in total. The summed E-state index contributed by atoms with van der Waals surface area (Å²) in [6.45, 7) is 8.03. The highest BCUT2D eigenvalue weighted by atomic mass is 32.1. The number of anilines is 9. The molecule has 0 amide bonds. The Hall–Kier alpha value is -8.48. The Morgan fingerprint density at radius 1 is 0.304 bits per heavy atom. The van der Waals surface area contributed by atoms with Gasteiger partial charge in [-0.05, 0) is 141 Å². The van der Waals surface area contributed by atoms with Crippen molar-refractivity contribution in [3.05, 3.63) is 261 Å². The molecule has 0 aliphatic heterocycles. The Morgan fingerprint density at radius 2 is 0.696 bits per heavy atom. The molecule has 0 aliphatic carbocycles. The van der Waals surface area contributed by atoms with Crippen molar-refractivity contribution in [2.45, 2.75) is 0 Å². The minimum absolute atomic E-state index is 1.08. The summed E-state index contributed by atoms with van der Waals surface area (Å²) in [5.74, 6) is 0. The minimum Gasteiger partial charge on any atom is -0.310 e. The maximum Gasteiger partial charge on any atom is 0.101 e. The summed E-state index contributed by atoms with van der Waals surface area (Å²) in [6.07, 6.45) is 3.79. The van der Waals surface area contributed by atoms with Gasteiger partial charge in [-0.2, -0.15) is 0 Å². The van der Waals surface area contributed by atoms with Crippen LogP contribution in [-0.2, 0) is 0 Å². The van der Waals surface area contributed by atoms with Gasteiger partial charge < -0.3 is 14.7 Å². The van der Waals surface area contributed by atoms with Gasteiger partial charge in [-0.25, -0.2) is 0 Å². The van der Waals surface area contributed by atoms with Crippen LogP contribution in [-0.4, -0.2) is 0 Å². The number of nitrogens with zero attached hydrogens (tertiary/aromatic N) is 3. The van der Waals surface area contributed by atoms with Gasteiger partial charge in [0, 0.05) is 48.6 Å². The molecule has 0 atom stereocenters. The summed E-state index contributed by atoms with van der Waals surface area (Å²) >= 11 is 3.62. The summed E-state index contributed by atoms with van der Waals surface area (Å²) < 4.78 is 2.43. The first-order chi connectivity index (χ1) is 34.1. The van der Waals surface area contributed by atoms with E-state index in [1.807, 2.05) is 34.8 Å². The van der Waals surface area contributed by atoms with Gasteiger partial charge in [-0.3, -0.25) is 0 Å². The van der Waals surface area contributed by atoms with Gasteiger partial charge in [0.05, 0.1) is 11.4 Å². The quantitative estimate of drug-likeness (QED) is 0.121. The van der Waals surface area contributed by atoms with Crippen LogP contribution in [0.4, 0.5) is 49.8 Å². The first-order valence-corrected chi connectivity index (χ1v) is 24.8. The number of hydrogen-bond donors (Lipinski definition) is 0. The van der Waals surface area contributed by atoms with E-state index in [2.05, 4.69) is 264 Å². The predicted molar refractivity (Wildman–Crippen MR) is 302 cm³/mol. The Balaban J connectivity index is 0.989. The van der Waals surface area contributed by atoms with Crippen LogP contribution < -0.4 is 14.7 Å². The minimum atomic E-state index is 1.08. The summed E-state index contributed by atoms with van der Waals surface area (Å²) in [6, 6.07) is 85.8. The van der Waals surface area contributed by atoms with Crippen molar-refractivity contribution in [1.82, 2.24) is 0 Å². The third-order valence-corrected chi connectivity index (χ3v) is 15.2. The molecule has 5 heteroatoms. The van der Waals surface area contributed by atoms with E-state index < -0.39 is 0 Å². The van der Waals surface area contributed by atoms with Gasteiger partial charge in [-0.1, -0.05) is 165 Å². The van der Waals surface area contributed by atoms with Crippen molar-refractivity contribution in [3.63, 3.8) is 0 Å². The highest BCUT2D eigenvalue weighted by Gasteiger charge is 2.22. The van der Waals surface area contributed by atoms with E-state index in [1.165, 1.54) is 52.8 Å². The fraction of sp³-hybridized carbons (Fsp3) is 0. The number of hydrogen-bond acceptors (Lipinski definition) is 5. The smallest absolute Gasteiger partial charge is 0.101 e. The summed E-state index contributed by atoms with van der Waals surface area (Å²) in [7, 11) is 0. The van der Waals surface area contributed by atoms with Crippen LogP contribution in [0.15, 0.2) is 250 Å². The lowest BCUT2D eigenvalue weighted by atomic mass is 10.0. The molecule has 328 valence electrons. The van der Waals surface area contributed by atoms with E-state index in [1.54, 1.807) is 0 Å². The fourth-order valence-corrected chi connectivity index (χ4v) is 11.7. The molecule has 0 saturated heterocycles. The molecule has 2 heterocycles. The molecule has 3 nitrogen and oxygen atoms in total. The first-order valence-electron chi connectivity index (χ1n) is 23.1. The molecule has 12 rings (SSSR count). The normalized spacial score (nSPS) is 11.3. The van der Waals surface area contributed by atoms with Gasteiger partial charge in [-0.15, -0.1) is 22.7 Å². The van der Waals surface area contributed by atoms with Crippen molar-refractivity contribution in [3.8, 4) is 11.1 Å². The zero-order valence-electron chi connectivity index (χ0n) is 37.7. The van der Waals surface area contributed by atoms with Crippen LogP contribution in [0.2, 0.25) is 0 Å². The standard InChI is InChI=1S/C64H45N3S2/c1-3-44-24-30-53(31-25-44)66(59-22-12-18-48-16-8-10-20-57(48)59)63-42-50-40-55(36-38-61(50)68-63)65(52-34-28-47(29-35-52)46-14-6-5-7-15-46)56-37-39-62-51(41-56)43-64(69-62)67(54-32-26-45(4-2)27-33-54)60-23-13-19-49-17-9-11-21-58(49)60/h3-43H,1-2H2. The van der Waals surface area contributed by atoms with E-state index in [4.69, 9.17) is 0 Å². The zero-order valence-corrected chi connectivity index (χ0v) is 39.4. The Labute approximate surface area is 410 Å². The number of benzene rings is 10. The molecular formula is C64H45N3S2. The highest BCUT2D eigenvalue weighted by molar-refractivity contribution is 7.23. The van der Waals surface area contributed by atoms with Gasteiger partial charge in [0.15, 0.2) is 0 Å². The molecule has 0 aliphatic rings. The van der Waals surface area contributed by atoms with Crippen LogP contribution in [0.3, 0.4) is 0 Å². The number of rotatable bonds is 12. The average Bonchev–Trinajstić information content (AvgIpc) is 4.04. The molecule has 0 radical (unpaired) electrons. The monoisotopic (exact) mass is 919 g/mol. The van der Waals surface area contributed by atoms with E-state index in [-0.39, 0.29) is 0 Å². The second kappa shape index (κ2) is 18.0. The van der Waals surface area contributed by atoms with E-state index in [9.17, 15) is 0 Å². The molecule has 0 spiro atoms. The zero-order chi connectivity index (χ0) is 46.3. The third kappa shape index (κ3) is 7.94. The molecule has 0 saturated carbocycles. The highest BCUT2D eigenvalue weighted by Crippen LogP contribution is 2.48. The van der Waals surface area contributed by atoms with E-state index in [0.29, 0.717) is 0 Å². The molecule has 69 heavy (non-hydrogen) atoms. The predicted octanol–water partition coefficient (Wildman–Crippen LogP) is 19.8. The third-order valence-electron chi connectivity index (χ3n) is 13.0. The Morgan fingerprint density at radius 3 is 1.17 bits per heavy atom. The van der Waals surface area contributed by atoms with Crippen molar-refractivity contribution in [2.24, 2.45) is 0 Å². The maximum absolute atomic E-state index is 4.02. The Kier molecular flexibility index (Phi) is 10.9. The lowest BCUT2D eigenvalue weighted by molar-refractivity contribution is 1.29. The molecule has 10 aromatic carbocycles. The lowest BCUT2D eigenvalue weighted by Crippen LogP contribution is -2.09. The van der Waals surface area contributed by atoms with Crippen molar-refractivity contribution >= 4 is 126 Å². The molecule has 2 aromatic heterocycles. The largest absolute Gasteiger partial charge is 0.310 e. The summed E-state index contributed by atoms with van der Waals surface area (Å²) in [4.78, 5) is 7.20. The lowest BCUT2D eigenvalue weighted by Gasteiger charge is -2.26. The maximum atomic E-state index is 4.02. The summed E-state index contributed by atoms with van der Waals surface area (Å²) in [5, 5.41) is 9.47. The van der Waals surface area contributed by atoms with Gasteiger partial charge in [0.1, 0.15) is 10.0 Å². The van der Waals surface area contributed by atoms with E-state index >= 15 is 0 Å². The van der Waals surface area contributed by atoms with Crippen LogP contribution in [0, 0.1) is 0 Å². The van der Waals surface area contributed by atoms with Crippen molar-refractivity contribution in [1.29, 1.82) is 0 Å². The summed E-state index contributed by atoms with van der Waals surface area (Å²) in [5.41, 5.74) is 12.3. The Bertz CT molecular complexity index is 3610. The van der Waals surface area contributed by atoms with Crippen LogP contribution in [0.25, 0.3) is 65.0 Å². The fourth-order valence-electron chi connectivity index (χ4n) is 9.51. The van der Waals surface area contributed by atoms with Crippen molar-refractivity contribution < 1.29 is 0 Å². The molecule has 0 bridgehead atoms. The van der Waals surface area contributed by atoms with Gasteiger partial charge >= 0.3 is 0 Å². The molecular weight excluding hydrogens is 875 g/mol. The van der Waals surface area contributed by atoms with E-state index in [0.717, 1.165) is 60.9 Å². The van der Waals surface area contributed by atoms with Gasteiger partial charge in [0.25, 0.3) is 0 Å². The number of fused-ring (bicyclic) bond motifs is 4. The van der Waals surface area contributed by atoms with Crippen LogP contribution >= 0.6 is 22.7 Å². The first kappa shape index (κ1) is 41.9. The van der Waals surface area contributed by atoms with Crippen LogP contribution in [0.5, 0.6) is 0 Å². The molecule has 0 fully saturated rings. The van der Waals surface area contributed by atoms with Gasteiger partial charge in [0.2, 0.25) is 0 Å². The molecule has 12 aromatic rings. The second-order valence-corrected chi connectivity index (χ2v) is 19.2. The molecule has 0 unspecified atom stereocenters. The second-order valence-electron chi connectivity index (χ2n) is 17.1. The average molecular weight is 920 g/mol. The number of thiophene rings is 2.